The maximum Gasteiger partial charge on any atom is 0.254 e. The van der Waals surface area contributed by atoms with Crippen LogP contribution in [0.25, 0.3) is 0 Å². The van der Waals surface area contributed by atoms with Gasteiger partial charge in [0.25, 0.3) is 5.91 Å². The van der Waals surface area contributed by atoms with Crippen molar-refractivity contribution >= 4 is 5.91 Å². The minimum atomic E-state index is 0.212. The van der Waals surface area contributed by atoms with Gasteiger partial charge in [0, 0.05) is 43.3 Å². The van der Waals surface area contributed by atoms with Crippen LogP contribution < -0.4 is 0 Å². The number of amides is 1. The normalized spacial score (nSPS) is 19.6. The maximum atomic E-state index is 12.5. The molecule has 1 fully saturated rings. The minimum Gasteiger partial charge on any atom is -0.472 e. The molecule has 2 aromatic rings. The molecule has 114 valence electrons. The van der Waals surface area contributed by atoms with Crippen LogP contribution in [0.3, 0.4) is 0 Å². The first-order valence-electron chi connectivity index (χ1n) is 7.93. The maximum absolute atomic E-state index is 12.5. The molecule has 0 aliphatic carbocycles. The van der Waals surface area contributed by atoms with Crippen molar-refractivity contribution in [1.82, 2.24) is 9.80 Å². The summed E-state index contributed by atoms with van der Waals surface area (Å²) >= 11 is 0. The number of carbonyl (C=O) groups is 1. The SMILES string of the molecule is O=C1c2ccccc2CN1C1CCN(Cc2ccoc2)CC1. The molecule has 0 spiro atoms. The summed E-state index contributed by atoms with van der Waals surface area (Å²) in [7, 11) is 0. The van der Waals surface area contributed by atoms with E-state index in [1.165, 1.54) is 11.1 Å². The van der Waals surface area contributed by atoms with Crippen LogP contribution in [0.2, 0.25) is 0 Å². The van der Waals surface area contributed by atoms with Crippen LogP contribution in [0.15, 0.2) is 47.3 Å². The molecule has 0 radical (unpaired) electrons. The van der Waals surface area contributed by atoms with Gasteiger partial charge in [-0.1, -0.05) is 18.2 Å². The lowest BCUT2D eigenvalue weighted by atomic mass is 10.0. The van der Waals surface area contributed by atoms with Crippen molar-refractivity contribution in [2.75, 3.05) is 13.1 Å². The molecular weight excluding hydrogens is 276 g/mol. The van der Waals surface area contributed by atoms with Crippen LogP contribution >= 0.6 is 0 Å². The highest BCUT2D eigenvalue weighted by Gasteiger charge is 2.34. The Morgan fingerprint density at radius 3 is 2.68 bits per heavy atom. The number of nitrogens with zero attached hydrogens (tertiary/aromatic N) is 2. The molecule has 0 saturated carbocycles. The molecule has 0 N–H and O–H groups in total. The lowest BCUT2D eigenvalue weighted by Gasteiger charge is -2.36. The predicted octanol–water partition coefficient (Wildman–Crippen LogP) is 2.90. The second-order valence-corrected chi connectivity index (χ2v) is 6.23. The van der Waals surface area contributed by atoms with E-state index >= 15 is 0 Å². The van der Waals surface area contributed by atoms with E-state index in [1.807, 2.05) is 30.5 Å². The highest BCUT2D eigenvalue weighted by atomic mass is 16.3. The quantitative estimate of drug-likeness (QED) is 0.874. The minimum absolute atomic E-state index is 0.212. The number of furan rings is 1. The number of carbonyl (C=O) groups excluding carboxylic acids is 1. The molecule has 4 nitrogen and oxygen atoms in total. The van der Waals surface area contributed by atoms with Crippen molar-refractivity contribution in [1.29, 1.82) is 0 Å². The zero-order valence-corrected chi connectivity index (χ0v) is 12.6. The Bertz CT molecular complexity index is 657. The van der Waals surface area contributed by atoms with Gasteiger partial charge in [0.15, 0.2) is 0 Å². The molecule has 0 atom stereocenters. The fourth-order valence-electron chi connectivity index (χ4n) is 3.60. The summed E-state index contributed by atoms with van der Waals surface area (Å²) < 4.78 is 5.13. The third-order valence-electron chi connectivity index (χ3n) is 4.83. The van der Waals surface area contributed by atoms with Crippen LogP contribution in [0.1, 0.15) is 34.3 Å². The van der Waals surface area contributed by atoms with E-state index in [9.17, 15) is 4.79 Å². The number of likely N-dealkylation sites (tertiary alicyclic amines) is 1. The standard InChI is InChI=1S/C18H20N2O2/c21-18-17-4-2-1-3-15(17)12-20(18)16-5-8-19(9-6-16)11-14-7-10-22-13-14/h1-4,7,10,13,16H,5-6,8-9,11-12H2. The van der Waals surface area contributed by atoms with Crippen molar-refractivity contribution < 1.29 is 9.21 Å². The number of rotatable bonds is 3. The summed E-state index contributed by atoms with van der Waals surface area (Å²) in [4.78, 5) is 17.0. The first-order chi connectivity index (χ1) is 10.8. The third kappa shape index (κ3) is 2.44. The van der Waals surface area contributed by atoms with Crippen LogP contribution in [0.4, 0.5) is 0 Å². The molecule has 2 aliphatic heterocycles. The number of fused-ring (bicyclic) bond motifs is 1. The van der Waals surface area contributed by atoms with Crippen molar-refractivity contribution in [2.24, 2.45) is 0 Å². The van der Waals surface area contributed by atoms with Crippen LogP contribution in [-0.4, -0.2) is 34.8 Å². The largest absolute Gasteiger partial charge is 0.472 e. The smallest absolute Gasteiger partial charge is 0.254 e. The van der Waals surface area contributed by atoms with Crippen LogP contribution in [-0.2, 0) is 13.1 Å². The zero-order valence-electron chi connectivity index (χ0n) is 12.6. The Balaban J connectivity index is 1.38. The van der Waals surface area contributed by atoms with Gasteiger partial charge in [-0.3, -0.25) is 9.69 Å². The molecule has 2 aliphatic rings. The lowest BCUT2D eigenvalue weighted by Crippen LogP contribution is -2.44. The Kier molecular flexibility index (Phi) is 3.47. The number of benzene rings is 1. The van der Waals surface area contributed by atoms with Gasteiger partial charge in [-0.05, 0) is 30.5 Å². The Morgan fingerprint density at radius 1 is 1.14 bits per heavy atom. The molecule has 1 aromatic carbocycles. The monoisotopic (exact) mass is 296 g/mol. The molecule has 3 heterocycles. The van der Waals surface area contributed by atoms with Crippen molar-refractivity contribution in [3.63, 3.8) is 0 Å². The topological polar surface area (TPSA) is 36.7 Å². The van der Waals surface area contributed by atoms with Gasteiger partial charge in [-0.25, -0.2) is 0 Å². The van der Waals surface area contributed by atoms with Gasteiger partial charge in [-0.2, -0.15) is 0 Å². The first-order valence-corrected chi connectivity index (χ1v) is 7.93. The van der Waals surface area contributed by atoms with Gasteiger partial charge in [0.2, 0.25) is 0 Å². The Morgan fingerprint density at radius 2 is 1.95 bits per heavy atom. The molecule has 0 unspecified atom stereocenters. The number of hydrogen-bond donors (Lipinski definition) is 0. The predicted molar refractivity (Wildman–Crippen MR) is 83.3 cm³/mol. The van der Waals surface area contributed by atoms with Gasteiger partial charge < -0.3 is 9.32 Å². The summed E-state index contributed by atoms with van der Waals surface area (Å²) in [5.74, 6) is 0.212. The molecule has 0 bridgehead atoms. The van der Waals surface area contributed by atoms with Crippen molar-refractivity contribution in [3.05, 3.63) is 59.5 Å². The fraction of sp³-hybridized carbons (Fsp3) is 0.389. The number of piperidine rings is 1. The summed E-state index contributed by atoms with van der Waals surface area (Å²) in [6.45, 7) is 3.80. The molecule has 1 saturated heterocycles. The van der Waals surface area contributed by atoms with E-state index in [0.717, 1.165) is 44.6 Å². The van der Waals surface area contributed by atoms with E-state index in [4.69, 9.17) is 4.42 Å². The van der Waals surface area contributed by atoms with E-state index in [1.54, 1.807) is 6.26 Å². The summed E-state index contributed by atoms with van der Waals surface area (Å²) in [6.07, 6.45) is 5.64. The van der Waals surface area contributed by atoms with Crippen LogP contribution in [0.5, 0.6) is 0 Å². The molecule has 1 amide bonds. The van der Waals surface area contributed by atoms with Crippen LogP contribution in [0, 0.1) is 0 Å². The first kappa shape index (κ1) is 13.6. The summed E-state index contributed by atoms with van der Waals surface area (Å²) in [6, 6.07) is 10.4. The average Bonchev–Trinajstić information content (AvgIpc) is 3.17. The van der Waals surface area contributed by atoms with Gasteiger partial charge in [0.05, 0.1) is 12.5 Å². The van der Waals surface area contributed by atoms with E-state index in [2.05, 4.69) is 15.9 Å². The Hall–Kier alpha value is -2.07. The molecule has 1 aromatic heterocycles. The average molecular weight is 296 g/mol. The van der Waals surface area contributed by atoms with E-state index in [-0.39, 0.29) is 5.91 Å². The van der Waals surface area contributed by atoms with Crippen molar-refractivity contribution in [3.8, 4) is 0 Å². The van der Waals surface area contributed by atoms with Gasteiger partial charge >= 0.3 is 0 Å². The summed E-state index contributed by atoms with van der Waals surface area (Å²) in [5.41, 5.74) is 3.29. The number of hydrogen-bond acceptors (Lipinski definition) is 3. The fourth-order valence-corrected chi connectivity index (χ4v) is 3.60. The molecule has 22 heavy (non-hydrogen) atoms. The second-order valence-electron chi connectivity index (χ2n) is 6.23. The van der Waals surface area contributed by atoms with E-state index in [0.29, 0.717) is 6.04 Å². The molecule has 4 rings (SSSR count). The molecule has 4 heteroatoms. The van der Waals surface area contributed by atoms with Gasteiger partial charge in [-0.15, -0.1) is 0 Å². The highest BCUT2D eigenvalue weighted by Crippen LogP contribution is 2.28. The zero-order chi connectivity index (χ0) is 14.9. The summed E-state index contributed by atoms with van der Waals surface area (Å²) in [5, 5.41) is 0. The van der Waals surface area contributed by atoms with Gasteiger partial charge in [0.1, 0.15) is 0 Å². The van der Waals surface area contributed by atoms with Crippen molar-refractivity contribution in [2.45, 2.75) is 32.0 Å². The lowest BCUT2D eigenvalue weighted by molar-refractivity contribution is 0.0590. The highest BCUT2D eigenvalue weighted by molar-refractivity contribution is 5.98. The third-order valence-corrected chi connectivity index (χ3v) is 4.83. The van der Waals surface area contributed by atoms with E-state index < -0.39 is 0 Å². The Labute approximate surface area is 130 Å². The second kappa shape index (κ2) is 5.61. The molecular formula is C18H20N2O2.